The number of fused-ring (bicyclic) bond motifs is 1. The third-order valence-corrected chi connectivity index (χ3v) is 4.98. The van der Waals surface area contributed by atoms with Crippen molar-refractivity contribution in [2.45, 2.75) is 26.2 Å². The summed E-state index contributed by atoms with van der Waals surface area (Å²) in [6, 6.07) is 8.38. The number of carbonyl (C=O) groups excluding carboxylic acids is 1. The van der Waals surface area contributed by atoms with Crippen LogP contribution in [0.3, 0.4) is 0 Å². The fourth-order valence-corrected chi connectivity index (χ4v) is 3.43. The molecule has 5 nitrogen and oxygen atoms in total. The maximum absolute atomic E-state index is 14.0. The Morgan fingerprint density at radius 1 is 1.15 bits per heavy atom. The zero-order valence-electron chi connectivity index (χ0n) is 14.9. The van der Waals surface area contributed by atoms with E-state index in [1.54, 1.807) is 19.1 Å². The van der Waals surface area contributed by atoms with Gasteiger partial charge < -0.3 is 10.2 Å². The molecule has 0 saturated carbocycles. The van der Waals surface area contributed by atoms with Crippen LogP contribution >= 0.6 is 11.6 Å². The molecular weight excluding hydrogens is 373 g/mol. The summed E-state index contributed by atoms with van der Waals surface area (Å²) in [6.07, 6.45) is 0. The van der Waals surface area contributed by atoms with Crippen LogP contribution in [0.2, 0.25) is 5.02 Å². The third-order valence-electron chi connectivity index (χ3n) is 4.73. The molecule has 0 aliphatic rings. The first-order chi connectivity index (χ1) is 12.6. The number of benzene rings is 2. The van der Waals surface area contributed by atoms with Crippen LogP contribution in [0.25, 0.3) is 10.9 Å². The summed E-state index contributed by atoms with van der Waals surface area (Å²) in [5.74, 6) is -3.06. The van der Waals surface area contributed by atoms with Gasteiger partial charge in [0.1, 0.15) is 0 Å². The van der Waals surface area contributed by atoms with Crippen molar-refractivity contribution >= 4 is 34.4 Å². The number of carboxylic acids is 1. The average molecular weight is 390 g/mol. The number of carbonyl (C=O) groups is 2. The Kier molecular flexibility index (Phi) is 4.48. The van der Waals surface area contributed by atoms with Crippen molar-refractivity contribution in [3.05, 3.63) is 64.1 Å². The van der Waals surface area contributed by atoms with E-state index < -0.39 is 28.9 Å². The number of aromatic hydroxyl groups is 1. The summed E-state index contributed by atoms with van der Waals surface area (Å²) < 4.78 is 15.3. The Morgan fingerprint density at radius 2 is 1.74 bits per heavy atom. The van der Waals surface area contributed by atoms with Crippen molar-refractivity contribution in [2.75, 3.05) is 0 Å². The first-order valence-corrected chi connectivity index (χ1v) is 8.51. The van der Waals surface area contributed by atoms with Crippen molar-refractivity contribution in [3.8, 4) is 5.75 Å². The van der Waals surface area contributed by atoms with E-state index in [4.69, 9.17) is 11.6 Å². The predicted octanol–water partition coefficient (Wildman–Crippen LogP) is 4.50. The van der Waals surface area contributed by atoms with Crippen molar-refractivity contribution in [2.24, 2.45) is 0 Å². The Bertz CT molecular complexity index is 1080. The monoisotopic (exact) mass is 389 g/mol. The second kappa shape index (κ2) is 6.39. The Labute approximate surface area is 159 Å². The molecule has 1 heterocycles. The van der Waals surface area contributed by atoms with Crippen LogP contribution in [0.15, 0.2) is 36.4 Å². The quantitative estimate of drug-likeness (QED) is 0.691. The highest BCUT2D eigenvalue weighted by molar-refractivity contribution is 6.30. The van der Waals surface area contributed by atoms with Gasteiger partial charge in [-0.05, 0) is 56.7 Å². The molecule has 27 heavy (non-hydrogen) atoms. The maximum atomic E-state index is 14.0. The van der Waals surface area contributed by atoms with Gasteiger partial charge in [-0.2, -0.15) is 0 Å². The molecule has 0 spiro atoms. The molecule has 3 rings (SSSR count). The molecule has 2 aromatic carbocycles. The molecule has 3 aromatic rings. The molecule has 0 radical (unpaired) electrons. The van der Waals surface area contributed by atoms with E-state index in [0.29, 0.717) is 27.2 Å². The molecular formula is C20H17ClFNO4. The minimum absolute atomic E-state index is 0.187. The summed E-state index contributed by atoms with van der Waals surface area (Å²) in [7, 11) is 0. The van der Waals surface area contributed by atoms with E-state index >= 15 is 0 Å². The van der Waals surface area contributed by atoms with E-state index in [-0.39, 0.29) is 5.52 Å². The van der Waals surface area contributed by atoms with Gasteiger partial charge in [0.15, 0.2) is 11.6 Å². The minimum Gasteiger partial charge on any atom is -0.505 e. The number of halogens is 2. The van der Waals surface area contributed by atoms with Gasteiger partial charge in [0.2, 0.25) is 0 Å². The van der Waals surface area contributed by atoms with Crippen LogP contribution in [0.4, 0.5) is 4.39 Å². The van der Waals surface area contributed by atoms with Crippen molar-refractivity contribution in [3.63, 3.8) is 0 Å². The molecule has 0 bridgehead atoms. The molecule has 0 atom stereocenters. The molecule has 2 N–H and O–H groups in total. The fraction of sp³-hybridized carbons (Fsp3) is 0.200. The van der Waals surface area contributed by atoms with Crippen molar-refractivity contribution in [1.29, 1.82) is 0 Å². The highest BCUT2D eigenvalue weighted by atomic mass is 35.5. The molecule has 0 unspecified atom stereocenters. The standard InChI is InChI=1S/C20H17ClFNO4/c1-10-17(20(2,3)19(26)27)13-8-16(24)14(22)9-15(13)23(10)18(25)11-4-6-12(21)7-5-11/h4-9,24H,1-3H3,(H,26,27). The number of hydrogen-bond donors (Lipinski definition) is 2. The number of nitrogens with zero attached hydrogens (tertiary/aromatic N) is 1. The van der Waals surface area contributed by atoms with Gasteiger partial charge in [0.25, 0.3) is 5.91 Å². The molecule has 0 aliphatic heterocycles. The van der Waals surface area contributed by atoms with Crippen LogP contribution in [-0.2, 0) is 10.2 Å². The van der Waals surface area contributed by atoms with Gasteiger partial charge in [0, 0.05) is 27.7 Å². The van der Waals surface area contributed by atoms with Gasteiger partial charge in [-0.15, -0.1) is 0 Å². The number of aromatic nitrogens is 1. The lowest BCUT2D eigenvalue weighted by molar-refractivity contribution is -0.142. The average Bonchev–Trinajstić information content (AvgIpc) is 2.87. The van der Waals surface area contributed by atoms with E-state index in [2.05, 4.69) is 0 Å². The SMILES string of the molecule is Cc1c(C(C)(C)C(=O)O)c2cc(O)c(F)cc2n1C(=O)c1ccc(Cl)cc1. The molecule has 0 aliphatic carbocycles. The van der Waals surface area contributed by atoms with Gasteiger partial charge in [-0.25, -0.2) is 4.39 Å². The van der Waals surface area contributed by atoms with Crippen molar-refractivity contribution < 1.29 is 24.2 Å². The third kappa shape index (κ3) is 2.96. The zero-order chi connectivity index (χ0) is 20.1. The smallest absolute Gasteiger partial charge is 0.313 e. The van der Waals surface area contributed by atoms with E-state index in [1.165, 1.54) is 30.5 Å². The first-order valence-electron chi connectivity index (χ1n) is 8.13. The lowest BCUT2D eigenvalue weighted by atomic mass is 9.83. The number of phenols is 1. The summed E-state index contributed by atoms with van der Waals surface area (Å²) in [5, 5.41) is 20.2. The Balaban J connectivity index is 2.38. The number of phenolic OH excluding ortho intramolecular Hbond substituents is 1. The number of hydrogen-bond acceptors (Lipinski definition) is 3. The summed E-state index contributed by atoms with van der Waals surface area (Å²) in [6.45, 7) is 4.59. The normalized spacial score (nSPS) is 11.7. The fourth-order valence-electron chi connectivity index (χ4n) is 3.30. The largest absolute Gasteiger partial charge is 0.505 e. The van der Waals surface area contributed by atoms with Crippen LogP contribution in [0.5, 0.6) is 5.75 Å². The van der Waals surface area contributed by atoms with Crippen LogP contribution < -0.4 is 0 Å². The minimum atomic E-state index is -1.36. The van der Waals surface area contributed by atoms with Gasteiger partial charge in [-0.3, -0.25) is 14.2 Å². The van der Waals surface area contributed by atoms with Gasteiger partial charge >= 0.3 is 5.97 Å². The lowest BCUT2D eigenvalue weighted by Gasteiger charge is -2.20. The van der Waals surface area contributed by atoms with Gasteiger partial charge in [0.05, 0.1) is 10.9 Å². The summed E-state index contributed by atoms with van der Waals surface area (Å²) in [5.41, 5.74) is -0.164. The topological polar surface area (TPSA) is 79.5 Å². The molecule has 0 amide bonds. The highest BCUT2D eigenvalue weighted by Gasteiger charge is 2.36. The second-order valence-corrected chi connectivity index (χ2v) is 7.30. The first kappa shape index (κ1) is 18.9. The van der Waals surface area contributed by atoms with E-state index in [9.17, 15) is 24.2 Å². The number of rotatable bonds is 3. The second-order valence-electron chi connectivity index (χ2n) is 6.86. The predicted molar refractivity (Wildman–Crippen MR) is 100 cm³/mol. The highest BCUT2D eigenvalue weighted by Crippen LogP contribution is 2.38. The van der Waals surface area contributed by atoms with Gasteiger partial charge in [-0.1, -0.05) is 11.6 Å². The molecule has 0 saturated heterocycles. The van der Waals surface area contributed by atoms with Crippen LogP contribution in [0.1, 0.15) is 35.5 Å². The Morgan fingerprint density at radius 3 is 2.30 bits per heavy atom. The van der Waals surface area contributed by atoms with Crippen LogP contribution in [-0.4, -0.2) is 26.7 Å². The molecule has 140 valence electrons. The lowest BCUT2D eigenvalue weighted by Crippen LogP contribution is -2.29. The summed E-state index contributed by atoms with van der Waals surface area (Å²) >= 11 is 5.86. The van der Waals surface area contributed by atoms with Crippen molar-refractivity contribution in [1.82, 2.24) is 4.57 Å². The molecule has 0 fully saturated rings. The zero-order valence-corrected chi connectivity index (χ0v) is 15.6. The van der Waals surface area contributed by atoms with E-state index in [1.807, 2.05) is 0 Å². The Hall–Kier alpha value is -2.86. The summed E-state index contributed by atoms with van der Waals surface area (Å²) in [4.78, 5) is 24.9. The molecule has 1 aromatic heterocycles. The maximum Gasteiger partial charge on any atom is 0.313 e. The number of aliphatic carboxylic acids is 1. The number of carboxylic acid groups (broad SMARTS) is 1. The molecule has 7 heteroatoms. The van der Waals surface area contributed by atoms with Crippen LogP contribution in [0, 0.1) is 12.7 Å². The van der Waals surface area contributed by atoms with E-state index in [0.717, 1.165) is 12.1 Å².